The van der Waals surface area contributed by atoms with E-state index in [1.54, 1.807) is 0 Å². The Morgan fingerprint density at radius 1 is 1.40 bits per heavy atom. The Morgan fingerprint density at radius 3 is 2.75 bits per heavy atom. The van der Waals surface area contributed by atoms with E-state index >= 15 is 0 Å². The summed E-state index contributed by atoms with van der Waals surface area (Å²) >= 11 is 0. The van der Waals surface area contributed by atoms with E-state index in [9.17, 15) is 19.3 Å². The number of hydrogen-bond acceptors (Lipinski definition) is 4. The number of anilines is 1. The second-order valence-corrected chi connectivity index (χ2v) is 4.94. The molecule has 108 valence electrons. The number of nitro groups is 1. The summed E-state index contributed by atoms with van der Waals surface area (Å²) in [5, 5.41) is 13.2. The SMILES string of the molecule is NC1CCCCC1C(=O)Nc1c(F)cccc1[N+](=O)[O-]. The number of nitrogens with one attached hydrogen (secondary N) is 1. The molecule has 0 heterocycles. The lowest BCUT2D eigenvalue weighted by Gasteiger charge is -2.27. The molecule has 7 heteroatoms. The average Bonchev–Trinajstić information content (AvgIpc) is 2.41. The largest absolute Gasteiger partial charge is 0.327 e. The van der Waals surface area contributed by atoms with Crippen molar-refractivity contribution in [2.75, 3.05) is 5.32 Å². The lowest BCUT2D eigenvalue weighted by Crippen LogP contribution is -2.40. The maximum atomic E-state index is 13.7. The summed E-state index contributed by atoms with van der Waals surface area (Å²) in [6, 6.07) is 3.17. The predicted molar refractivity (Wildman–Crippen MR) is 71.6 cm³/mol. The van der Waals surface area contributed by atoms with Gasteiger partial charge in [0.2, 0.25) is 5.91 Å². The second kappa shape index (κ2) is 5.96. The molecule has 1 saturated carbocycles. The number of amides is 1. The summed E-state index contributed by atoms with van der Waals surface area (Å²) in [5.41, 5.74) is 5.04. The van der Waals surface area contributed by atoms with Crippen molar-refractivity contribution in [2.45, 2.75) is 31.7 Å². The van der Waals surface area contributed by atoms with Crippen LogP contribution < -0.4 is 11.1 Å². The van der Waals surface area contributed by atoms with Gasteiger partial charge < -0.3 is 11.1 Å². The minimum absolute atomic E-state index is 0.283. The summed E-state index contributed by atoms with van der Waals surface area (Å²) in [6.45, 7) is 0. The Kier molecular flexibility index (Phi) is 4.29. The van der Waals surface area contributed by atoms with E-state index in [0.29, 0.717) is 6.42 Å². The van der Waals surface area contributed by atoms with Gasteiger partial charge in [-0.05, 0) is 18.9 Å². The number of hydrogen-bond donors (Lipinski definition) is 2. The lowest BCUT2D eigenvalue weighted by atomic mass is 9.84. The molecule has 2 atom stereocenters. The maximum absolute atomic E-state index is 13.7. The molecule has 0 aliphatic heterocycles. The van der Waals surface area contributed by atoms with Gasteiger partial charge in [0.15, 0.2) is 11.5 Å². The fourth-order valence-corrected chi connectivity index (χ4v) is 2.49. The van der Waals surface area contributed by atoms with Gasteiger partial charge in [0, 0.05) is 12.1 Å². The van der Waals surface area contributed by atoms with Crippen LogP contribution in [0.1, 0.15) is 25.7 Å². The molecule has 1 aliphatic carbocycles. The molecule has 6 nitrogen and oxygen atoms in total. The van der Waals surface area contributed by atoms with Crippen LogP contribution in [0, 0.1) is 21.8 Å². The normalized spacial score (nSPS) is 22.3. The first-order valence-corrected chi connectivity index (χ1v) is 6.50. The molecule has 1 amide bonds. The highest BCUT2D eigenvalue weighted by molar-refractivity contribution is 5.95. The second-order valence-electron chi connectivity index (χ2n) is 4.94. The van der Waals surface area contributed by atoms with E-state index in [0.717, 1.165) is 31.4 Å². The molecule has 1 aromatic rings. The minimum Gasteiger partial charge on any atom is -0.327 e. The molecule has 2 rings (SSSR count). The highest BCUT2D eigenvalue weighted by atomic mass is 19.1. The number of nitrogens with zero attached hydrogens (tertiary/aromatic N) is 1. The first kappa shape index (κ1) is 14.4. The molecule has 20 heavy (non-hydrogen) atoms. The van der Waals surface area contributed by atoms with Crippen molar-refractivity contribution >= 4 is 17.3 Å². The van der Waals surface area contributed by atoms with Gasteiger partial charge >= 0.3 is 0 Å². The van der Waals surface area contributed by atoms with Crippen molar-refractivity contribution in [1.29, 1.82) is 0 Å². The standard InChI is InChI=1S/C13H16FN3O3/c14-9-5-3-7-11(17(19)20)12(9)16-13(18)8-4-1-2-6-10(8)15/h3,5,7-8,10H,1-2,4,6,15H2,(H,16,18). The molecule has 0 bridgehead atoms. The van der Waals surface area contributed by atoms with E-state index in [2.05, 4.69) is 5.32 Å². The van der Waals surface area contributed by atoms with Crippen LogP contribution in [0.5, 0.6) is 0 Å². The predicted octanol–water partition coefficient (Wildman–Crippen LogP) is 2.19. The van der Waals surface area contributed by atoms with Crippen molar-refractivity contribution in [3.63, 3.8) is 0 Å². The maximum Gasteiger partial charge on any atom is 0.295 e. The Bertz CT molecular complexity index is 536. The number of carbonyl (C=O) groups excluding carboxylic acids is 1. The highest BCUT2D eigenvalue weighted by Gasteiger charge is 2.30. The Labute approximate surface area is 115 Å². The van der Waals surface area contributed by atoms with Crippen LogP contribution in [0.15, 0.2) is 18.2 Å². The summed E-state index contributed by atoms with van der Waals surface area (Å²) in [5.74, 6) is -1.70. The first-order chi connectivity index (χ1) is 9.50. The fourth-order valence-electron chi connectivity index (χ4n) is 2.49. The van der Waals surface area contributed by atoms with Gasteiger partial charge in [-0.2, -0.15) is 0 Å². The third kappa shape index (κ3) is 2.93. The summed E-state index contributed by atoms with van der Waals surface area (Å²) in [7, 11) is 0. The summed E-state index contributed by atoms with van der Waals surface area (Å²) in [4.78, 5) is 22.3. The van der Waals surface area contributed by atoms with E-state index in [1.807, 2.05) is 0 Å². The molecular formula is C13H16FN3O3. The number of nitrogens with two attached hydrogens (primary N) is 1. The lowest BCUT2D eigenvalue weighted by molar-refractivity contribution is -0.384. The monoisotopic (exact) mass is 281 g/mol. The van der Waals surface area contributed by atoms with Crippen LogP contribution >= 0.6 is 0 Å². The van der Waals surface area contributed by atoms with Gasteiger partial charge in [-0.15, -0.1) is 0 Å². The van der Waals surface area contributed by atoms with Crippen molar-refractivity contribution in [3.05, 3.63) is 34.1 Å². The zero-order chi connectivity index (χ0) is 14.7. The van der Waals surface area contributed by atoms with Crippen LogP contribution in [0.2, 0.25) is 0 Å². The zero-order valence-corrected chi connectivity index (χ0v) is 10.8. The molecular weight excluding hydrogens is 265 g/mol. The van der Waals surface area contributed by atoms with E-state index in [1.165, 1.54) is 6.07 Å². The Morgan fingerprint density at radius 2 is 2.10 bits per heavy atom. The number of para-hydroxylation sites is 1. The van der Waals surface area contributed by atoms with Gasteiger partial charge in [-0.3, -0.25) is 14.9 Å². The van der Waals surface area contributed by atoms with Gasteiger partial charge in [-0.1, -0.05) is 18.9 Å². The molecule has 0 radical (unpaired) electrons. The zero-order valence-electron chi connectivity index (χ0n) is 10.8. The molecule has 0 aromatic heterocycles. The average molecular weight is 281 g/mol. The van der Waals surface area contributed by atoms with E-state index in [-0.39, 0.29) is 11.7 Å². The molecule has 2 unspecified atom stereocenters. The first-order valence-electron chi connectivity index (χ1n) is 6.50. The third-order valence-corrected chi connectivity index (χ3v) is 3.59. The van der Waals surface area contributed by atoms with Crippen LogP contribution in [-0.2, 0) is 4.79 Å². The highest BCUT2D eigenvalue weighted by Crippen LogP contribution is 2.29. The van der Waals surface area contributed by atoms with Gasteiger partial charge in [0.05, 0.1) is 10.8 Å². The minimum atomic E-state index is -0.822. The number of halogens is 1. The Hall–Kier alpha value is -2.02. The van der Waals surface area contributed by atoms with Gasteiger partial charge in [-0.25, -0.2) is 4.39 Å². The van der Waals surface area contributed by atoms with Gasteiger partial charge in [0.25, 0.3) is 5.69 Å². The van der Waals surface area contributed by atoms with E-state index < -0.39 is 28.3 Å². The summed E-state index contributed by atoms with van der Waals surface area (Å²) < 4.78 is 13.7. The van der Waals surface area contributed by atoms with E-state index in [4.69, 9.17) is 5.73 Å². The smallest absolute Gasteiger partial charge is 0.295 e. The van der Waals surface area contributed by atoms with Gasteiger partial charge in [0.1, 0.15) is 0 Å². The van der Waals surface area contributed by atoms with Crippen LogP contribution in [0.3, 0.4) is 0 Å². The van der Waals surface area contributed by atoms with Crippen LogP contribution in [0.25, 0.3) is 0 Å². The van der Waals surface area contributed by atoms with Crippen LogP contribution in [0.4, 0.5) is 15.8 Å². The Balaban J connectivity index is 2.21. The quantitative estimate of drug-likeness (QED) is 0.655. The van der Waals surface area contributed by atoms with Crippen molar-refractivity contribution in [1.82, 2.24) is 0 Å². The molecule has 0 spiro atoms. The number of carbonyl (C=O) groups is 1. The van der Waals surface area contributed by atoms with Crippen molar-refractivity contribution < 1.29 is 14.1 Å². The van der Waals surface area contributed by atoms with Crippen LogP contribution in [-0.4, -0.2) is 16.9 Å². The topological polar surface area (TPSA) is 98.3 Å². The molecule has 3 N–H and O–H groups in total. The third-order valence-electron chi connectivity index (χ3n) is 3.59. The fraction of sp³-hybridized carbons (Fsp3) is 0.462. The number of benzene rings is 1. The van der Waals surface area contributed by atoms with Crippen molar-refractivity contribution in [2.24, 2.45) is 11.7 Å². The number of rotatable bonds is 3. The summed E-state index contributed by atoms with van der Waals surface area (Å²) in [6.07, 6.45) is 3.20. The van der Waals surface area contributed by atoms with Crippen molar-refractivity contribution in [3.8, 4) is 0 Å². The molecule has 1 aliphatic rings. The molecule has 1 aromatic carbocycles. The number of nitro benzene ring substituents is 1. The molecule has 0 saturated heterocycles. The molecule has 1 fully saturated rings.